The fourth-order valence-corrected chi connectivity index (χ4v) is 2.04. The van der Waals surface area contributed by atoms with E-state index in [0.717, 1.165) is 25.8 Å². The molecule has 1 aromatic rings. The van der Waals surface area contributed by atoms with E-state index < -0.39 is 0 Å². The lowest BCUT2D eigenvalue weighted by atomic mass is 9.87. The molecule has 0 aromatic heterocycles. The Morgan fingerprint density at radius 2 is 1.87 bits per heavy atom. The van der Waals surface area contributed by atoms with Crippen LogP contribution in [0, 0.1) is 0 Å². The summed E-state index contributed by atoms with van der Waals surface area (Å²) in [6.07, 6.45) is 3.13. The second kappa shape index (κ2) is 6.59. The van der Waals surface area contributed by atoms with Crippen molar-refractivity contribution in [3.8, 4) is 0 Å². The molecule has 0 amide bonds. The van der Waals surface area contributed by atoms with Crippen LogP contribution in [0.15, 0.2) is 30.3 Å². The van der Waals surface area contributed by atoms with Gasteiger partial charge in [-0.05, 0) is 37.3 Å². The van der Waals surface area contributed by atoms with Crippen LogP contribution in [0.3, 0.4) is 0 Å². The molecule has 0 bridgehead atoms. The highest BCUT2D eigenvalue weighted by atomic mass is 14.7. The highest BCUT2D eigenvalue weighted by Crippen LogP contribution is 2.24. The minimum Gasteiger partial charge on any atom is -0.330 e. The lowest BCUT2D eigenvalue weighted by molar-refractivity contribution is 0.477. The summed E-state index contributed by atoms with van der Waals surface area (Å²) < 4.78 is 0. The molecule has 0 spiro atoms. The maximum absolute atomic E-state index is 6.19. The summed E-state index contributed by atoms with van der Waals surface area (Å²) in [6, 6.07) is 10.8. The Bertz CT molecular complexity index is 258. The first-order valence-corrected chi connectivity index (χ1v) is 5.80. The van der Waals surface area contributed by atoms with E-state index in [9.17, 15) is 0 Å². The van der Waals surface area contributed by atoms with E-state index >= 15 is 0 Å². The first-order valence-electron chi connectivity index (χ1n) is 5.80. The fraction of sp³-hybridized carbons (Fsp3) is 0.538. The van der Waals surface area contributed by atoms with Crippen LogP contribution in [-0.2, 0) is 0 Å². The number of hydrogen-bond acceptors (Lipinski definition) is 2. The molecule has 0 radical (unpaired) electrons. The number of hydrogen-bond donors (Lipinski definition) is 2. The van der Waals surface area contributed by atoms with Crippen LogP contribution in [0.25, 0.3) is 0 Å². The molecular weight excluding hydrogens is 184 g/mol. The monoisotopic (exact) mass is 206 g/mol. The Balaban J connectivity index is 2.63. The van der Waals surface area contributed by atoms with Crippen LogP contribution in [0.5, 0.6) is 0 Å². The van der Waals surface area contributed by atoms with Crippen LogP contribution in [0.1, 0.15) is 37.7 Å². The van der Waals surface area contributed by atoms with Gasteiger partial charge in [-0.25, -0.2) is 0 Å². The third-order valence-electron chi connectivity index (χ3n) is 2.93. The predicted molar refractivity (Wildman–Crippen MR) is 65.7 cm³/mol. The van der Waals surface area contributed by atoms with Gasteiger partial charge in [-0.1, -0.05) is 37.3 Å². The summed E-state index contributed by atoms with van der Waals surface area (Å²) in [5.41, 5.74) is 13.0. The van der Waals surface area contributed by atoms with Crippen molar-refractivity contribution >= 4 is 0 Å². The zero-order valence-corrected chi connectivity index (χ0v) is 9.52. The Kier molecular flexibility index (Phi) is 5.37. The third kappa shape index (κ3) is 3.65. The van der Waals surface area contributed by atoms with Crippen LogP contribution in [0.2, 0.25) is 0 Å². The van der Waals surface area contributed by atoms with E-state index in [1.54, 1.807) is 0 Å². The van der Waals surface area contributed by atoms with Crippen molar-refractivity contribution in [2.24, 2.45) is 11.5 Å². The molecule has 84 valence electrons. The van der Waals surface area contributed by atoms with Gasteiger partial charge in [0, 0.05) is 6.04 Å². The van der Waals surface area contributed by atoms with Gasteiger partial charge in [0.05, 0.1) is 0 Å². The largest absolute Gasteiger partial charge is 0.330 e. The Morgan fingerprint density at radius 1 is 1.20 bits per heavy atom. The van der Waals surface area contributed by atoms with Gasteiger partial charge in [-0.15, -0.1) is 0 Å². The summed E-state index contributed by atoms with van der Waals surface area (Å²) in [5, 5.41) is 0. The van der Waals surface area contributed by atoms with Gasteiger partial charge in [0.2, 0.25) is 0 Å². The van der Waals surface area contributed by atoms with Gasteiger partial charge in [0.1, 0.15) is 0 Å². The second-order valence-corrected chi connectivity index (χ2v) is 4.02. The molecule has 0 saturated carbocycles. The van der Waals surface area contributed by atoms with Crippen LogP contribution >= 0.6 is 0 Å². The Labute approximate surface area is 92.7 Å². The summed E-state index contributed by atoms with van der Waals surface area (Å²) in [7, 11) is 0. The standard InChI is InChI=1S/C13H22N2/c1-2-12(13(15)9-6-10-14)11-7-4-3-5-8-11/h3-5,7-8,12-13H,2,6,9-10,14-15H2,1H3. The molecule has 1 aromatic carbocycles. The quantitative estimate of drug-likeness (QED) is 0.750. The van der Waals surface area contributed by atoms with Gasteiger partial charge in [0.25, 0.3) is 0 Å². The van der Waals surface area contributed by atoms with Gasteiger partial charge in [0.15, 0.2) is 0 Å². The van der Waals surface area contributed by atoms with Gasteiger partial charge in [-0.3, -0.25) is 0 Å². The highest BCUT2D eigenvalue weighted by Gasteiger charge is 2.16. The number of benzene rings is 1. The van der Waals surface area contributed by atoms with E-state index in [0.29, 0.717) is 5.92 Å². The normalized spacial score (nSPS) is 14.9. The average molecular weight is 206 g/mol. The summed E-state index contributed by atoms with van der Waals surface area (Å²) >= 11 is 0. The van der Waals surface area contributed by atoms with Crippen molar-refractivity contribution in [2.75, 3.05) is 6.54 Å². The maximum atomic E-state index is 6.19. The smallest absolute Gasteiger partial charge is 0.0108 e. The molecule has 0 heterocycles. The molecule has 4 N–H and O–H groups in total. The molecule has 2 unspecified atom stereocenters. The first kappa shape index (κ1) is 12.2. The van der Waals surface area contributed by atoms with Crippen LogP contribution in [-0.4, -0.2) is 12.6 Å². The number of rotatable bonds is 6. The summed E-state index contributed by atoms with van der Waals surface area (Å²) in [5.74, 6) is 0.470. The van der Waals surface area contributed by atoms with Crippen molar-refractivity contribution < 1.29 is 0 Å². The average Bonchev–Trinajstić information content (AvgIpc) is 2.29. The minimum atomic E-state index is 0.237. The third-order valence-corrected chi connectivity index (χ3v) is 2.93. The van der Waals surface area contributed by atoms with Crippen molar-refractivity contribution in [3.05, 3.63) is 35.9 Å². The molecule has 0 aliphatic carbocycles. The van der Waals surface area contributed by atoms with E-state index in [2.05, 4.69) is 31.2 Å². The topological polar surface area (TPSA) is 52.0 Å². The molecule has 0 aliphatic heterocycles. The molecule has 0 fully saturated rings. The zero-order valence-electron chi connectivity index (χ0n) is 9.52. The molecule has 1 rings (SSSR count). The maximum Gasteiger partial charge on any atom is 0.0108 e. The molecule has 0 saturated heterocycles. The SMILES string of the molecule is CCC(c1ccccc1)C(N)CCCN. The highest BCUT2D eigenvalue weighted by molar-refractivity contribution is 5.20. The Morgan fingerprint density at radius 3 is 2.40 bits per heavy atom. The van der Waals surface area contributed by atoms with Gasteiger partial charge >= 0.3 is 0 Å². The molecule has 15 heavy (non-hydrogen) atoms. The predicted octanol–water partition coefficient (Wildman–Crippen LogP) is 2.25. The van der Waals surface area contributed by atoms with Crippen molar-refractivity contribution in [3.63, 3.8) is 0 Å². The Hall–Kier alpha value is -0.860. The number of nitrogens with two attached hydrogens (primary N) is 2. The summed E-state index contributed by atoms with van der Waals surface area (Å²) in [6.45, 7) is 2.93. The first-order chi connectivity index (χ1) is 7.29. The zero-order chi connectivity index (χ0) is 11.1. The molecular formula is C13H22N2. The van der Waals surface area contributed by atoms with Crippen molar-refractivity contribution in [2.45, 2.75) is 38.1 Å². The van der Waals surface area contributed by atoms with Crippen molar-refractivity contribution in [1.82, 2.24) is 0 Å². The summed E-state index contributed by atoms with van der Waals surface area (Å²) in [4.78, 5) is 0. The second-order valence-electron chi connectivity index (χ2n) is 4.02. The van der Waals surface area contributed by atoms with Crippen molar-refractivity contribution in [1.29, 1.82) is 0 Å². The molecule has 2 nitrogen and oxygen atoms in total. The molecule has 0 aliphatic rings. The van der Waals surface area contributed by atoms with Gasteiger partial charge < -0.3 is 11.5 Å². The van der Waals surface area contributed by atoms with E-state index in [1.807, 2.05) is 6.07 Å². The van der Waals surface area contributed by atoms with E-state index in [4.69, 9.17) is 11.5 Å². The minimum absolute atomic E-state index is 0.237. The van der Waals surface area contributed by atoms with E-state index in [1.165, 1.54) is 5.56 Å². The van der Waals surface area contributed by atoms with Gasteiger partial charge in [-0.2, -0.15) is 0 Å². The van der Waals surface area contributed by atoms with E-state index in [-0.39, 0.29) is 6.04 Å². The molecule has 2 heteroatoms. The lowest BCUT2D eigenvalue weighted by Crippen LogP contribution is -2.28. The fourth-order valence-electron chi connectivity index (χ4n) is 2.04. The van der Waals surface area contributed by atoms with Crippen LogP contribution in [0.4, 0.5) is 0 Å². The molecule has 2 atom stereocenters. The lowest BCUT2D eigenvalue weighted by Gasteiger charge is -2.22. The van der Waals surface area contributed by atoms with Crippen LogP contribution < -0.4 is 11.5 Å².